The van der Waals surface area contributed by atoms with E-state index in [0.717, 1.165) is 16.8 Å². The molecule has 0 amide bonds. The molecule has 3 rings (SSSR count). The van der Waals surface area contributed by atoms with Crippen LogP contribution in [0.1, 0.15) is 28.4 Å². The molecule has 0 saturated carbocycles. The minimum absolute atomic E-state index is 0.311. The van der Waals surface area contributed by atoms with Crippen molar-refractivity contribution in [3.05, 3.63) is 46.5 Å². The Hall–Kier alpha value is -2.40. The number of aliphatic imine (C=N–C) groups is 1. The molecular weight excluding hydrogens is 274 g/mol. The fraction of sp³-hybridized carbons (Fsp3) is 0.294. The minimum Gasteiger partial charge on any atom is -0.369 e. The molecule has 0 radical (unpaired) electrons. The lowest BCUT2D eigenvalue weighted by atomic mass is 9.96. The quantitative estimate of drug-likeness (QED) is 0.847. The SMILES string of the molecule is Cc1cc(C)c(-c2ccc3c(n2)N=C(N)N(C)C3N)c(C)c1. The number of aromatic nitrogens is 1. The molecule has 1 unspecified atom stereocenters. The van der Waals surface area contributed by atoms with E-state index in [4.69, 9.17) is 16.5 Å². The van der Waals surface area contributed by atoms with Crippen molar-refractivity contribution in [2.24, 2.45) is 16.5 Å². The van der Waals surface area contributed by atoms with E-state index in [1.54, 1.807) is 4.90 Å². The highest BCUT2D eigenvalue weighted by Crippen LogP contribution is 2.33. The van der Waals surface area contributed by atoms with Crippen LogP contribution in [0.4, 0.5) is 5.82 Å². The monoisotopic (exact) mass is 295 g/mol. The van der Waals surface area contributed by atoms with Crippen LogP contribution in [0.15, 0.2) is 29.3 Å². The van der Waals surface area contributed by atoms with Crippen molar-refractivity contribution >= 4 is 11.8 Å². The summed E-state index contributed by atoms with van der Waals surface area (Å²) in [6.07, 6.45) is -0.311. The summed E-state index contributed by atoms with van der Waals surface area (Å²) in [5.74, 6) is 1.00. The third kappa shape index (κ3) is 2.23. The maximum atomic E-state index is 6.17. The first-order valence-corrected chi connectivity index (χ1v) is 7.30. The van der Waals surface area contributed by atoms with Crippen LogP contribution in [0.2, 0.25) is 0 Å². The van der Waals surface area contributed by atoms with Gasteiger partial charge in [0, 0.05) is 18.2 Å². The van der Waals surface area contributed by atoms with Gasteiger partial charge in [-0.25, -0.2) is 4.98 Å². The fourth-order valence-corrected chi connectivity index (χ4v) is 3.04. The second-order valence-electron chi connectivity index (χ2n) is 5.91. The number of nitrogens with two attached hydrogens (primary N) is 2. The normalized spacial score (nSPS) is 17.2. The van der Waals surface area contributed by atoms with Gasteiger partial charge in [0.05, 0.1) is 5.69 Å². The number of benzene rings is 1. The van der Waals surface area contributed by atoms with Gasteiger partial charge in [0.25, 0.3) is 0 Å². The number of fused-ring (bicyclic) bond motifs is 1. The predicted molar refractivity (Wildman–Crippen MR) is 89.9 cm³/mol. The Kier molecular flexibility index (Phi) is 3.37. The molecule has 4 N–H and O–H groups in total. The molecule has 0 bridgehead atoms. The molecule has 2 heterocycles. The summed E-state index contributed by atoms with van der Waals surface area (Å²) < 4.78 is 0. The maximum absolute atomic E-state index is 6.17. The zero-order chi connectivity index (χ0) is 16.0. The maximum Gasteiger partial charge on any atom is 0.199 e. The standard InChI is InChI=1S/C17H21N5/c1-9-7-10(2)14(11(3)8-9)13-6-5-12-15(18)22(4)17(19)21-16(12)20-13/h5-8,15H,18H2,1-4H3,(H2,19,20,21). The molecular formula is C17H21N5. The number of hydrogen-bond donors (Lipinski definition) is 2. The highest BCUT2D eigenvalue weighted by Gasteiger charge is 2.24. The van der Waals surface area contributed by atoms with Crippen molar-refractivity contribution in [2.75, 3.05) is 7.05 Å². The lowest BCUT2D eigenvalue weighted by Crippen LogP contribution is -2.43. The van der Waals surface area contributed by atoms with Gasteiger partial charge in [0.15, 0.2) is 11.8 Å². The van der Waals surface area contributed by atoms with E-state index in [-0.39, 0.29) is 6.17 Å². The topological polar surface area (TPSA) is 80.5 Å². The first-order chi connectivity index (χ1) is 10.4. The van der Waals surface area contributed by atoms with E-state index in [2.05, 4.69) is 37.9 Å². The Labute approximate surface area is 130 Å². The summed E-state index contributed by atoms with van der Waals surface area (Å²) in [7, 11) is 1.83. The first-order valence-electron chi connectivity index (χ1n) is 7.30. The van der Waals surface area contributed by atoms with Crippen LogP contribution in [0, 0.1) is 20.8 Å². The van der Waals surface area contributed by atoms with Gasteiger partial charge in [0.2, 0.25) is 0 Å². The minimum atomic E-state index is -0.311. The summed E-state index contributed by atoms with van der Waals surface area (Å²) in [6, 6.07) is 8.34. The van der Waals surface area contributed by atoms with Gasteiger partial charge in [-0.2, -0.15) is 4.99 Å². The van der Waals surface area contributed by atoms with E-state index >= 15 is 0 Å². The molecule has 1 aromatic carbocycles. The van der Waals surface area contributed by atoms with Crippen LogP contribution in [0.5, 0.6) is 0 Å². The van der Waals surface area contributed by atoms with Crippen LogP contribution in [0.3, 0.4) is 0 Å². The molecule has 22 heavy (non-hydrogen) atoms. The highest BCUT2D eigenvalue weighted by molar-refractivity contribution is 5.83. The molecule has 114 valence electrons. The molecule has 1 aromatic heterocycles. The predicted octanol–water partition coefficient (Wildman–Crippen LogP) is 2.52. The molecule has 0 spiro atoms. The summed E-state index contributed by atoms with van der Waals surface area (Å²) in [6.45, 7) is 6.31. The highest BCUT2D eigenvalue weighted by atomic mass is 15.3. The number of rotatable bonds is 1. The second-order valence-corrected chi connectivity index (χ2v) is 5.91. The summed E-state index contributed by atoms with van der Waals surface area (Å²) in [5, 5.41) is 0. The average Bonchev–Trinajstić information content (AvgIpc) is 2.43. The van der Waals surface area contributed by atoms with Gasteiger partial charge < -0.3 is 16.4 Å². The molecule has 1 aliphatic heterocycles. The average molecular weight is 295 g/mol. The third-order valence-corrected chi connectivity index (χ3v) is 4.16. The number of hydrogen-bond acceptors (Lipinski definition) is 5. The van der Waals surface area contributed by atoms with Gasteiger partial charge in [0.1, 0.15) is 6.17 Å². The lowest BCUT2D eigenvalue weighted by molar-refractivity contribution is 0.374. The van der Waals surface area contributed by atoms with Crippen LogP contribution >= 0.6 is 0 Å². The molecule has 0 aliphatic carbocycles. The van der Waals surface area contributed by atoms with E-state index in [9.17, 15) is 0 Å². The van der Waals surface area contributed by atoms with Gasteiger partial charge in [-0.3, -0.25) is 0 Å². The van der Waals surface area contributed by atoms with E-state index in [1.165, 1.54) is 16.7 Å². The van der Waals surface area contributed by atoms with Crippen molar-refractivity contribution < 1.29 is 0 Å². The van der Waals surface area contributed by atoms with Crippen LogP contribution < -0.4 is 11.5 Å². The molecule has 2 aromatic rings. The van der Waals surface area contributed by atoms with Crippen LogP contribution in [-0.2, 0) is 0 Å². The van der Waals surface area contributed by atoms with Crippen LogP contribution in [-0.4, -0.2) is 22.9 Å². The smallest absolute Gasteiger partial charge is 0.199 e. The Morgan fingerprint density at radius 1 is 1.09 bits per heavy atom. The zero-order valence-electron chi connectivity index (χ0n) is 13.4. The molecule has 0 fully saturated rings. The lowest BCUT2D eigenvalue weighted by Gasteiger charge is -2.30. The summed E-state index contributed by atoms with van der Waals surface area (Å²) >= 11 is 0. The van der Waals surface area contributed by atoms with Gasteiger partial charge in [-0.1, -0.05) is 17.7 Å². The largest absolute Gasteiger partial charge is 0.369 e. The Morgan fingerprint density at radius 3 is 2.36 bits per heavy atom. The van der Waals surface area contributed by atoms with Crippen molar-refractivity contribution in [2.45, 2.75) is 26.9 Å². The van der Waals surface area contributed by atoms with E-state index in [0.29, 0.717) is 11.8 Å². The fourth-order valence-electron chi connectivity index (χ4n) is 3.04. The molecule has 5 nitrogen and oxygen atoms in total. The number of guanidine groups is 1. The second kappa shape index (κ2) is 5.10. The Balaban J connectivity index is 2.16. The van der Waals surface area contributed by atoms with Crippen LogP contribution in [0.25, 0.3) is 11.3 Å². The van der Waals surface area contributed by atoms with Crippen molar-refractivity contribution in [1.29, 1.82) is 0 Å². The first kappa shape index (κ1) is 14.5. The van der Waals surface area contributed by atoms with Gasteiger partial charge >= 0.3 is 0 Å². The zero-order valence-corrected chi connectivity index (χ0v) is 13.4. The third-order valence-electron chi connectivity index (χ3n) is 4.16. The van der Waals surface area contributed by atoms with Crippen molar-refractivity contribution in [3.8, 4) is 11.3 Å². The summed E-state index contributed by atoms with van der Waals surface area (Å²) in [5.41, 5.74) is 18.7. The van der Waals surface area contributed by atoms with E-state index < -0.39 is 0 Å². The Morgan fingerprint density at radius 2 is 1.73 bits per heavy atom. The van der Waals surface area contributed by atoms with Crippen molar-refractivity contribution in [3.63, 3.8) is 0 Å². The van der Waals surface area contributed by atoms with E-state index in [1.807, 2.05) is 19.2 Å². The number of pyridine rings is 1. The number of aryl methyl sites for hydroxylation is 3. The molecule has 5 heteroatoms. The number of nitrogens with zero attached hydrogens (tertiary/aromatic N) is 3. The van der Waals surface area contributed by atoms with Crippen molar-refractivity contribution in [1.82, 2.24) is 9.88 Å². The van der Waals surface area contributed by atoms with Gasteiger partial charge in [-0.15, -0.1) is 0 Å². The Bertz CT molecular complexity index is 756. The molecule has 0 saturated heterocycles. The van der Waals surface area contributed by atoms with Gasteiger partial charge in [-0.05, 0) is 44.0 Å². The molecule has 1 aliphatic rings. The summed E-state index contributed by atoms with van der Waals surface area (Å²) in [4.78, 5) is 10.8. The molecule has 1 atom stereocenters.